The minimum Gasteiger partial charge on any atom is -0.366 e. The smallest absolute Gasteiger partial charge is 0.253 e. The van der Waals surface area contributed by atoms with Crippen molar-refractivity contribution in [3.05, 3.63) is 35.4 Å². The van der Waals surface area contributed by atoms with E-state index in [1.165, 1.54) is 16.4 Å². The third kappa shape index (κ3) is 3.59. The van der Waals surface area contributed by atoms with Crippen LogP contribution in [0.2, 0.25) is 0 Å². The second kappa shape index (κ2) is 5.82. The first kappa shape index (κ1) is 15.5. The molecule has 0 saturated carbocycles. The van der Waals surface area contributed by atoms with E-state index in [4.69, 9.17) is 5.73 Å². The van der Waals surface area contributed by atoms with Crippen LogP contribution in [0.5, 0.6) is 0 Å². The van der Waals surface area contributed by atoms with Crippen LogP contribution in [-0.4, -0.2) is 61.9 Å². The minimum absolute atomic E-state index is 0.181. The fraction of sp³-hybridized carbons (Fsp3) is 0.385. The van der Waals surface area contributed by atoms with Gasteiger partial charge in [-0.25, -0.2) is 8.42 Å². The number of primary amides is 1. The van der Waals surface area contributed by atoms with Crippen LogP contribution in [0.4, 0.5) is 0 Å². The molecule has 0 unspecified atom stereocenters. The first-order valence-corrected chi connectivity index (χ1v) is 8.28. The molecule has 2 amide bonds. The number of nitrogens with zero attached hydrogens (tertiary/aromatic N) is 2. The van der Waals surface area contributed by atoms with Gasteiger partial charge in [0.25, 0.3) is 5.91 Å². The van der Waals surface area contributed by atoms with Gasteiger partial charge < -0.3 is 10.6 Å². The van der Waals surface area contributed by atoms with Crippen LogP contribution in [0, 0.1) is 0 Å². The maximum Gasteiger partial charge on any atom is 0.253 e. The average Bonchev–Trinajstić information content (AvgIpc) is 2.46. The summed E-state index contributed by atoms with van der Waals surface area (Å²) in [6.07, 6.45) is 1.16. The fourth-order valence-electron chi connectivity index (χ4n) is 2.18. The molecule has 7 nitrogen and oxygen atoms in total. The van der Waals surface area contributed by atoms with Crippen molar-refractivity contribution in [2.75, 3.05) is 32.4 Å². The molecule has 2 rings (SSSR count). The van der Waals surface area contributed by atoms with Crippen molar-refractivity contribution in [3.8, 4) is 0 Å². The van der Waals surface area contributed by atoms with Gasteiger partial charge in [0.15, 0.2) is 0 Å². The highest BCUT2D eigenvalue weighted by Gasteiger charge is 2.26. The largest absolute Gasteiger partial charge is 0.366 e. The molecule has 0 bridgehead atoms. The number of rotatable bonds is 3. The lowest BCUT2D eigenvalue weighted by molar-refractivity contribution is 0.0698. The zero-order valence-corrected chi connectivity index (χ0v) is 12.5. The average molecular weight is 311 g/mol. The van der Waals surface area contributed by atoms with Crippen molar-refractivity contribution in [2.24, 2.45) is 5.73 Å². The highest BCUT2D eigenvalue weighted by Crippen LogP contribution is 2.11. The standard InChI is InChI=1S/C13H17N3O4S/c1-21(19,20)16-8-6-15(7-9-16)13(18)11-4-2-10(3-5-11)12(14)17/h2-5H,6-9H2,1H3,(H2,14,17). The van der Waals surface area contributed by atoms with Crippen LogP contribution in [0.1, 0.15) is 20.7 Å². The molecular formula is C13H17N3O4S. The molecular weight excluding hydrogens is 294 g/mol. The Kier molecular flexibility index (Phi) is 4.29. The summed E-state index contributed by atoms with van der Waals surface area (Å²) in [6, 6.07) is 6.10. The Balaban J connectivity index is 2.03. The van der Waals surface area contributed by atoms with E-state index in [1.807, 2.05) is 0 Å². The minimum atomic E-state index is -3.21. The van der Waals surface area contributed by atoms with Crippen LogP contribution in [-0.2, 0) is 10.0 Å². The van der Waals surface area contributed by atoms with Crippen LogP contribution in [0.25, 0.3) is 0 Å². The molecule has 1 aliphatic rings. The van der Waals surface area contributed by atoms with Crippen molar-refractivity contribution in [1.82, 2.24) is 9.21 Å². The Morgan fingerprint density at radius 3 is 1.90 bits per heavy atom. The van der Waals surface area contributed by atoms with Gasteiger partial charge in [0.05, 0.1) is 6.26 Å². The van der Waals surface area contributed by atoms with Gasteiger partial charge in [-0.3, -0.25) is 9.59 Å². The molecule has 0 aliphatic carbocycles. The number of carbonyl (C=O) groups excluding carboxylic acids is 2. The van der Waals surface area contributed by atoms with Crippen molar-refractivity contribution in [2.45, 2.75) is 0 Å². The summed E-state index contributed by atoms with van der Waals surface area (Å²) < 4.78 is 24.2. The normalized spacial score (nSPS) is 16.7. The van der Waals surface area contributed by atoms with Crippen LogP contribution < -0.4 is 5.73 Å². The maximum absolute atomic E-state index is 12.3. The fourth-order valence-corrected chi connectivity index (χ4v) is 3.01. The monoisotopic (exact) mass is 311 g/mol. The Labute approximate surface area is 123 Å². The van der Waals surface area contributed by atoms with Crippen molar-refractivity contribution >= 4 is 21.8 Å². The van der Waals surface area contributed by atoms with Crippen molar-refractivity contribution < 1.29 is 18.0 Å². The Morgan fingerprint density at radius 2 is 1.48 bits per heavy atom. The third-order valence-corrected chi connectivity index (χ3v) is 4.71. The summed E-state index contributed by atoms with van der Waals surface area (Å²) in [5.41, 5.74) is 5.93. The van der Waals surface area contributed by atoms with Crippen LogP contribution >= 0.6 is 0 Å². The van der Waals surface area contributed by atoms with Gasteiger partial charge in [0, 0.05) is 37.3 Å². The van der Waals surface area contributed by atoms with Crippen LogP contribution in [0.15, 0.2) is 24.3 Å². The van der Waals surface area contributed by atoms with E-state index in [1.54, 1.807) is 17.0 Å². The van der Waals surface area contributed by atoms with E-state index in [0.29, 0.717) is 37.3 Å². The maximum atomic E-state index is 12.3. The Bertz CT molecular complexity index is 646. The summed E-state index contributed by atoms with van der Waals surface area (Å²) in [4.78, 5) is 24.9. The molecule has 8 heteroatoms. The molecule has 1 saturated heterocycles. The van der Waals surface area contributed by atoms with E-state index in [-0.39, 0.29) is 5.91 Å². The number of piperazine rings is 1. The number of carbonyl (C=O) groups is 2. The summed E-state index contributed by atoms with van der Waals surface area (Å²) in [6.45, 7) is 1.29. The Morgan fingerprint density at radius 1 is 1.00 bits per heavy atom. The van der Waals surface area contributed by atoms with E-state index in [2.05, 4.69) is 0 Å². The molecule has 0 aromatic heterocycles. The number of amides is 2. The van der Waals surface area contributed by atoms with Crippen molar-refractivity contribution in [3.63, 3.8) is 0 Å². The zero-order chi connectivity index (χ0) is 15.6. The number of benzene rings is 1. The number of hydrogen-bond acceptors (Lipinski definition) is 4. The lowest BCUT2D eigenvalue weighted by Gasteiger charge is -2.33. The number of hydrogen-bond donors (Lipinski definition) is 1. The summed E-state index contributed by atoms with van der Waals surface area (Å²) in [5.74, 6) is -0.727. The second-order valence-electron chi connectivity index (χ2n) is 4.90. The summed E-state index contributed by atoms with van der Waals surface area (Å²) in [7, 11) is -3.21. The molecule has 0 atom stereocenters. The zero-order valence-electron chi connectivity index (χ0n) is 11.7. The molecule has 2 N–H and O–H groups in total. The molecule has 114 valence electrons. The third-order valence-electron chi connectivity index (χ3n) is 3.41. The quantitative estimate of drug-likeness (QED) is 0.813. The molecule has 1 aliphatic heterocycles. The first-order valence-electron chi connectivity index (χ1n) is 6.43. The van der Waals surface area contributed by atoms with E-state index in [0.717, 1.165) is 6.26 Å². The van der Waals surface area contributed by atoms with Crippen LogP contribution in [0.3, 0.4) is 0 Å². The van der Waals surface area contributed by atoms with Gasteiger partial charge in [-0.15, -0.1) is 0 Å². The van der Waals surface area contributed by atoms with E-state index < -0.39 is 15.9 Å². The summed E-state index contributed by atoms with van der Waals surface area (Å²) in [5, 5.41) is 0. The van der Waals surface area contributed by atoms with Gasteiger partial charge in [0.2, 0.25) is 15.9 Å². The molecule has 1 fully saturated rings. The highest BCUT2D eigenvalue weighted by molar-refractivity contribution is 7.88. The first-order chi connectivity index (χ1) is 9.79. The molecule has 1 aromatic rings. The second-order valence-corrected chi connectivity index (χ2v) is 6.88. The molecule has 0 radical (unpaired) electrons. The van der Waals surface area contributed by atoms with Gasteiger partial charge in [-0.05, 0) is 24.3 Å². The van der Waals surface area contributed by atoms with E-state index >= 15 is 0 Å². The van der Waals surface area contributed by atoms with Gasteiger partial charge in [-0.1, -0.05) is 0 Å². The number of nitrogens with two attached hydrogens (primary N) is 1. The lowest BCUT2D eigenvalue weighted by Crippen LogP contribution is -2.50. The molecule has 0 spiro atoms. The van der Waals surface area contributed by atoms with Gasteiger partial charge >= 0.3 is 0 Å². The molecule has 21 heavy (non-hydrogen) atoms. The lowest BCUT2D eigenvalue weighted by atomic mass is 10.1. The predicted molar refractivity (Wildman–Crippen MR) is 77.3 cm³/mol. The molecule has 1 heterocycles. The Hall–Kier alpha value is -1.93. The van der Waals surface area contributed by atoms with E-state index in [9.17, 15) is 18.0 Å². The van der Waals surface area contributed by atoms with Gasteiger partial charge in [-0.2, -0.15) is 4.31 Å². The topological polar surface area (TPSA) is 101 Å². The van der Waals surface area contributed by atoms with Crippen molar-refractivity contribution in [1.29, 1.82) is 0 Å². The number of sulfonamides is 1. The SMILES string of the molecule is CS(=O)(=O)N1CCN(C(=O)c2ccc(C(N)=O)cc2)CC1. The molecule has 1 aromatic carbocycles. The summed E-state index contributed by atoms with van der Waals surface area (Å²) >= 11 is 0. The van der Waals surface area contributed by atoms with Gasteiger partial charge in [0.1, 0.15) is 0 Å². The highest BCUT2D eigenvalue weighted by atomic mass is 32.2. The predicted octanol–water partition coefficient (Wildman–Crippen LogP) is -0.497.